The molecule has 0 aromatic heterocycles. The monoisotopic (exact) mass is 251 g/mol. The molecule has 1 amide bonds. The van der Waals surface area contributed by atoms with Crippen LogP contribution >= 0.6 is 12.6 Å². The van der Waals surface area contributed by atoms with Crippen molar-refractivity contribution in [2.45, 2.75) is 19.3 Å². The number of rotatable bonds is 2. The Labute approximate surface area is 105 Å². The Balaban J connectivity index is 2.44. The third kappa shape index (κ3) is 2.14. The molecule has 0 N–H and O–H groups in total. The van der Waals surface area contributed by atoms with Crippen LogP contribution in [0.15, 0.2) is 22.4 Å². The van der Waals surface area contributed by atoms with E-state index in [0.717, 1.165) is 6.42 Å². The molecule has 1 fully saturated rings. The molecule has 17 heavy (non-hydrogen) atoms. The van der Waals surface area contributed by atoms with Crippen LogP contribution in [-0.4, -0.2) is 35.0 Å². The SMILES string of the molecule is COC1=CC(S)=C(N2CCCC2=O)C(=[N+]=[N-])C1. The zero-order valence-corrected chi connectivity index (χ0v) is 10.4. The van der Waals surface area contributed by atoms with Crippen molar-refractivity contribution in [1.29, 1.82) is 0 Å². The van der Waals surface area contributed by atoms with Gasteiger partial charge in [-0.15, -0.1) is 12.6 Å². The van der Waals surface area contributed by atoms with E-state index in [1.165, 1.54) is 0 Å². The third-order valence-corrected chi connectivity index (χ3v) is 3.22. The van der Waals surface area contributed by atoms with Crippen molar-refractivity contribution in [3.63, 3.8) is 0 Å². The molecule has 0 radical (unpaired) electrons. The summed E-state index contributed by atoms with van der Waals surface area (Å²) in [5, 5.41) is 0. The van der Waals surface area contributed by atoms with E-state index in [9.17, 15) is 4.79 Å². The average molecular weight is 251 g/mol. The van der Waals surface area contributed by atoms with Crippen LogP contribution in [0.4, 0.5) is 0 Å². The molecule has 0 aromatic carbocycles. The Morgan fingerprint density at radius 1 is 1.59 bits per heavy atom. The first-order valence-electron chi connectivity index (χ1n) is 5.37. The van der Waals surface area contributed by atoms with Gasteiger partial charge in [-0.3, -0.25) is 4.79 Å². The zero-order valence-electron chi connectivity index (χ0n) is 9.51. The molecule has 5 nitrogen and oxygen atoms in total. The number of carbonyl (C=O) groups excluding carboxylic acids is 1. The highest BCUT2D eigenvalue weighted by Crippen LogP contribution is 2.29. The van der Waals surface area contributed by atoms with Crippen molar-refractivity contribution in [2.24, 2.45) is 0 Å². The minimum Gasteiger partial charge on any atom is -0.500 e. The molecule has 0 aromatic rings. The summed E-state index contributed by atoms with van der Waals surface area (Å²) in [6.45, 7) is 0.646. The van der Waals surface area contributed by atoms with Crippen LogP contribution in [-0.2, 0) is 9.53 Å². The molecule has 1 heterocycles. The summed E-state index contributed by atoms with van der Waals surface area (Å²) in [5.74, 6) is 0.708. The second-order valence-corrected chi connectivity index (χ2v) is 4.40. The van der Waals surface area contributed by atoms with Gasteiger partial charge in [-0.2, -0.15) is 4.79 Å². The summed E-state index contributed by atoms with van der Waals surface area (Å²) in [6.07, 6.45) is 3.47. The van der Waals surface area contributed by atoms with Crippen molar-refractivity contribution < 1.29 is 14.3 Å². The number of allylic oxidation sites excluding steroid dienone is 3. The smallest absolute Gasteiger partial charge is 0.324 e. The predicted octanol–water partition coefficient (Wildman–Crippen LogP) is 1.35. The summed E-state index contributed by atoms with van der Waals surface area (Å²) < 4.78 is 5.11. The Morgan fingerprint density at radius 2 is 2.35 bits per heavy atom. The first kappa shape index (κ1) is 12.0. The van der Waals surface area contributed by atoms with Gasteiger partial charge in [0.15, 0.2) is 0 Å². The highest BCUT2D eigenvalue weighted by Gasteiger charge is 2.35. The van der Waals surface area contributed by atoms with E-state index in [1.54, 1.807) is 18.1 Å². The second-order valence-electron chi connectivity index (χ2n) is 3.92. The van der Waals surface area contributed by atoms with Crippen molar-refractivity contribution in [3.8, 4) is 0 Å². The van der Waals surface area contributed by atoms with Crippen LogP contribution in [0.2, 0.25) is 0 Å². The summed E-state index contributed by atoms with van der Waals surface area (Å²) >= 11 is 4.34. The summed E-state index contributed by atoms with van der Waals surface area (Å²) in [5.41, 5.74) is 10.1. The molecule has 2 rings (SSSR count). The fourth-order valence-corrected chi connectivity index (χ4v) is 2.45. The van der Waals surface area contributed by atoms with Gasteiger partial charge in [0.1, 0.15) is 17.9 Å². The lowest BCUT2D eigenvalue weighted by atomic mass is 10.1. The summed E-state index contributed by atoms with van der Waals surface area (Å²) in [6, 6.07) is 0. The quantitative estimate of drug-likeness (QED) is 0.457. The summed E-state index contributed by atoms with van der Waals surface area (Å²) in [4.78, 5) is 17.2. The Morgan fingerprint density at radius 3 is 2.88 bits per heavy atom. The van der Waals surface area contributed by atoms with E-state index in [-0.39, 0.29) is 5.91 Å². The number of methoxy groups -OCH3 is 1. The highest BCUT2D eigenvalue weighted by molar-refractivity contribution is 7.84. The normalized spacial score (nSPS) is 20.6. The van der Waals surface area contributed by atoms with Crippen LogP contribution in [0.5, 0.6) is 0 Å². The molecule has 0 atom stereocenters. The van der Waals surface area contributed by atoms with E-state index in [0.29, 0.717) is 41.5 Å². The topological polar surface area (TPSA) is 65.9 Å². The number of hydrogen-bond acceptors (Lipinski definition) is 3. The number of carbonyl (C=O) groups is 1. The van der Waals surface area contributed by atoms with Gasteiger partial charge in [-0.25, -0.2) is 0 Å². The van der Waals surface area contributed by atoms with Crippen LogP contribution in [0.1, 0.15) is 19.3 Å². The van der Waals surface area contributed by atoms with Gasteiger partial charge in [0.25, 0.3) is 0 Å². The lowest BCUT2D eigenvalue weighted by Gasteiger charge is -2.21. The highest BCUT2D eigenvalue weighted by atomic mass is 32.1. The van der Waals surface area contributed by atoms with Gasteiger partial charge in [0.05, 0.1) is 7.11 Å². The number of thiol groups is 1. The number of hydrogen-bond donors (Lipinski definition) is 1. The van der Waals surface area contributed by atoms with Crippen LogP contribution in [0, 0.1) is 0 Å². The maximum absolute atomic E-state index is 11.7. The van der Waals surface area contributed by atoms with Crippen LogP contribution in [0.25, 0.3) is 5.53 Å². The molecule has 90 valence electrons. The number of likely N-dealkylation sites (tertiary alicyclic amines) is 1. The molecular weight excluding hydrogens is 238 g/mol. The first-order chi connectivity index (χ1) is 8.17. The molecule has 1 aliphatic carbocycles. The number of amides is 1. The van der Waals surface area contributed by atoms with E-state index in [1.807, 2.05) is 0 Å². The van der Waals surface area contributed by atoms with Crippen molar-refractivity contribution in [1.82, 2.24) is 4.90 Å². The summed E-state index contributed by atoms with van der Waals surface area (Å²) in [7, 11) is 1.55. The van der Waals surface area contributed by atoms with E-state index in [4.69, 9.17) is 10.3 Å². The van der Waals surface area contributed by atoms with E-state index < -0.39 is 0 Å². The fourth-order valence-electron chi connectivity index (χ4n) is 2.06. The van der Waals surface area contributed by atoms with Gasteiger partial charge in [-0.05, 0) is 12.5 Å². The van der Waals surface area contributed by atoms with Crippen molar-refractivity contribution in [3.05, 3.63) is 28.0 Å². The molecule has 6 heteroatoms. The first-order valence-corrected chi connectivity index (χ1v) is 5.81. The molecule has 0 bridgehead atoms. The Hall–Kier alpha value is -1.52. The third-order valence-electron chi connectivity index (χ3n) is 2.88. The zero-order chi connectivity index (χ0) is 12.4. The predicted molar refractivity (Wildman–Crippen MR) is 65.3 cm³/mol. The van der Waals surface area contributed by atoms with Crippen LogP contribution < -0.4 is 0 Å². The van der Waals surface area contributed by atoms with Gasteiger partial charge < -0.3 is 15.2 Å². The lowest BCUT2D eigenvalue weighted by Crippen LogP contribution is -2.31. The number of ether oxygens (including phenoxy) is 1. The minimum atomic E-state index is 0.0435. The van der Waals surface area contributed by atoms with Gasteiger partial charge in [0, 0.05) is 17.9 Å². The van der Waals surface area contributed by atoms with E-state index >= 15 is 0 Å². The van der Waals surface area contributed by atoms with Gasteiger partial charge >= 0.3 is 5.71 Å². The molecule has 2 aliphatic rings. The van der Waals surface area contributed by atoms with Crippen LogP contribution in [0.3, 0.4) is 0 Å². The molecule has 0 unspecified atom stereocenters. The molecular formula is C11H13N3O2S. The van der Waals surface area contributed by atoms with Gasteiger partial charge in [0.2, 0.25) is 5.91 Å². The Bertz CT molecular complexity index is 475. The maximum atomic E-state index is 11.7. The standard InChI is InChI=1S/C11H13N3O2S/c1-16-7-5-8(13-12)11(9(17)6-7)14-4-2-3-10(14)15/h6,17H,2-5H2,1H3. The van der Waals surface area contributed by atoms with Gasteiger partial charge in [-0.1, -0.05) is 0 Å². The Kier molecular flexibility index (Phi) is 3.36. The largest absolute Gasteiger partial charge is 0.500 e. The van der Waals surface area contributed by atoms with Crippen molar-refractivity contribution >= 4 is 24.2 Å². The molecule has 0 spiro atoms. The second kappa shape index (κ2) is 4.77. The van der Waals surface area contributed by atoms with Crippen molar-refractivity contribution in [2.75, 3.05) is 13.7 Å². The fraction of sp³-hybridized carbons (Fsp3) is 0.455. The molecule has 1 saturated heterocycles. The maximum Gasteiger partial charge on any atom is 0.324 e. The van der Waals surface area contributed by atoms with E-state index in [2.05, 4.69) is 17.4 Å². The molecule has 1 aliphatic heterocycles. The minimum absolute atomic E-state index is 0.0435. The average Bonchev–Trinajstić information content (AvgIpc) is 2.74. The lowest BCUT2D eigenvalue weighted by molar-refractivity contribution is -0.126. The molecule has 0 saturated carbocycles. The number of nitrogens with zero attached hydrogens (tertiary/aromatic N) is 3.